The maximum Gasteiger partial charge on any atom is 0.410 e. The Balaban J connectivity index is 1.80. The van der Waals surface area contributed by atoms with Crippen molar-refractivity contribution in [1.82, 2.24) is 9.80 Å². The molecule has 0 bridgehead atoms. The van der Waals surface area contributed by atoms with Crippen LogP contribution in [0, 0.1) is 0 Å². The van der Waals surface area contributed by atoms with Crippen LogP contribution in [0.2, 0.25) is 5.04 Å². The van der Waals surface area contributed by atoms with Crippen LogP contribution in [0.5, 0.6) is 0 Å². The molecular weight excluding hydrogens is 459 g/mol. The number of carbonyl (C=O) groups excluding carboxylic acids is 1. The monoisotopic (exact) mass is 500 g/mol. The van der Waals surface area contributed by atoms with Crippen molar-refractivity contribution in [3.05, 3.63) is 60.7 Å². The summed E-state index contributed by atoms with van der Waals surface area (Å²) >= 11 is 0. The molecular formula is C28H41FN2O3Si. The molecule has 35 heavy (non-hydrogen) atoms. The predicted octanol–water partition coefficient (Wildman–Crippen LogP) is 4.45. The van der Waals surface area contributed by atoms with Gasteiger partial charge in [-0.3, -0.25) is 4.90 Å². The summed E-state index contributed by atoms with van der Waals surface area (Å²) in [4.78, 5) is 16.3. The van der Waals surface area contributed by atoms with Crippen LogP contribution in [0.25, 0.3) is 0 Å². The lowest BCUT2D eigenvalue weighted by atomic mass is 10.2. The molecule has 1 amide bonds. The Kier molecular flexibility index (Phi) is 8.78. The summed E-state index contributed by atoms with van der Waals surface area (Å²) in [6, 6.07) is 20.7. The number of hydrogen-bond acceptors (Lipinski definition) is 4. The van der Waals surface area contributed by atoms with Gasteiger partial charge in [0.05, 0.1) is 6.10 Å². The van der Waals surface area contributed by atoms with Crippen LogP contribution < -0.4 is 10.4 Å². The van der Waals surface area contributed by atoms with Gasteiger partial charge in [-0.25, -0.2) is 9.18 Å². The molecule has 7 heteroatoms. The van der Waals surface area contributed by atoms with Gasteiger partial charge < -0.3 is 14.1 Å². The van der Waals surface area contributed by atoms with Crippen LogP contribution in [-0.4, -0.2) is 75.3 Å². The van der Waals surface area contributed by atoms with E-state index in [0.717, 1.165) is 10.4 Å². The SMILES string of the molecule is CC(C)(C)OC(=O)N1CCN(C[C@H](CF)O[Si](c2ccccc2)(c2ccccc2)C(C)(C)C)CC1. The van der Waals surface area contributed by atoms with Gasteiger partial charge in [0.1, 0.15) is 12.3 Å². The number of ether oxygens (including phenoxy) is 1. The Hall–Kier alpha value is -2.22. The number of benzene rings is 2. The number of alkyl halides is 1. The van der Waals surface area contributed by atoms with Gasteiger partial charge >= 0.3 is 6.09 Å². The lowest BCUT2D eigenvalue weighted by molar-refractivity contribution is 0.00980. The van der Waals surface area contributed by atoms with E-state index in [1.54, 1.807) is 4.90 Å². The number of carbonyl (C=O) groups is 1. The maximum absolute atomic E-state index is 14.5. The first-order valence-corrected chi connectivity index (χ1v) is 14.4. The van der Waals surface area contributed by atoms with E-state index in [9.17, 15) is 9.18 Å². The first kappa shape index (κ1) is 27.4. The largest absolute Gasteiger partial charge is 0.444 e. The van der Waals surface area contributed by atoms with Crippen LogP contribution in [0.15, 0.2) is 60.7 Å². The van der Waals surface area contributed by atoms with E-state index in [-0.39, 0.29) is 11.1 Å². The van der Waals surface area contributed by atoms with Gasteiger partial charge in [-0.2, -0.15) is 0 Å². The molecule has 2 aromatic rings. The molecule has 0 spiro atoms. The zero-order chi connectivity index (χ0) is 25.7. The Morgan fingerprint density at radius 3 is 1.77 bits per heavy atom. The quantitative estimate of drug-likeness (QED) is 0.527. The molecule has 1 atom stereocenters. The molecule has 0 aliphatic carbocycles. The third-order valence-corrected chi connectivity index (χ3v) is 11.5. The highest BCUT2D eigenvalue weighted by molar-refractivity contribution is 6.99. The van der Waals surface area contributed by atoms with Crippen LogP contribution in [0.4, 0.5) is 9.18 Å². The summed E-state index contributed by atoms with van der Waals surface area (Å²) in [5.74, 6) is 0. The van der Waals surface area contributed by atoms with Gasteiger partial charge in [-0.05, 0) is 36.2 Å². The fourth-order valence-electron chi connectivity index (χ4n) is 4.79. The second-order valence-corrected chi connectivity index (χ2v) is 15.6. The molecule has 1 fully saturated rings. The predicted molar refractivity (Wildman–Crippen MR) is 143 cm³/mol. The summed E-state index contributed by atoms with van der Waals surface area (Å²) in [5.41, 5.74) is -0.517. The Labute approximate surface area is 211 Å². The zero-order valence-electron chi connectivity index (χ0n) is 22.1. The number of piperazine rings is 1. The Morgan fingerprint density at radius 1 is 0.886 bits per heavy atom. The van der Waals surface area contributed by atoms with Crippen molar-refractivity contribution in [2.75, 3.05) is 39.4 Å². The smallest absolute Gasteiger partial charge is 0.410 e. The van der Waals surface area contributed by atoms with Crippen molar-refractivity contribution < 1.29 is 18.3 Å². The average molecular weight is 501 g/mol. The first-order valence-electron chi connectivity index (χ1n) is 12.5. The third-order valence-electron chi connectivity index (χ3n) is 6.42. The van der Waals surface area contributed by atoms with Crippen LogP contribution >= 0.6 is 0 Å². The summed E-state index contributed by atoms with van der Waals surface area (Å²) in [5, 5.41) is 2.08. The molecule has 0 saturated carbocycles. The van der Waals surface area contributed by atoms with Crippen molar-refractivity contribution in [3.8, 4) is 0 Å². The summed E-state index contributed by atoms with van der Waals surface area (Å²) < 4.78 is 27.0. The van der Waals surface area contributed by atoms with Gasteiger partial charge in [0.2, 0.25) is 0 Å². The molecule has 1 heterocycles. The van der Waals surface area contributed by atoms with Gasteiger partial charge in [0.15, 0.2) is 0 Å². The molecule has 5 nitrogen and oxygen atoms in total. The molecule has 0 aromatic heterocycles. The Morgan fingerprint density at radius 2 is 1.37 bits per heavy atom. The lowest BCUT2D eigenvalue weighted by Gasteiger charge is -2.45. The summed E-state index contributed by atoms with van der Waals surface area (Å²) in [7, 11) is -2.83. The minimum atomic E-state index is -2.83. The fraction of sp³-hybridized carbons (Fsp3) is 0.536. The Bertz CT molecular complexity index is 897. The standard InChI is InChI=1S/C28H41FN2O3Si/c1-27(2,3)33-26(32)31-19-17-30(18-20-31)22-23(21-29)34-35(28(4,5)6,24-13-9-7-10-14-24)25-15-11-8-12-16-25/h7-16,23H,17-22H2,1-6H3/t23-/m0/s1. The first-order chi connectivity index (χ1) is 16.5. The van der Waals surface area contributed by atoms with E-state index in [4.69, 9.17) is 9.16 Å². The number of halogens is 1. The van der Waals surface area contributed by atoms with Crippen molar-refractivity contribution >= 4 is 24.8 Å². The van der Waals surface area contributed by atoms with Gasteiger partial charge in [0, 0.05) is 32.7 Å². The third kappa shape index (κ3) is 6.71. The van der Waals surface area contributed by atoms with Crippen molar-refractivity contribution in [2.24, 2.45) is 0 Å². The molecule has 0 radical (unpaired) electrons. The van der Waals surface area contributed by atoms with E-state index in [1.807, 2.05) is 57.2 Å². The van der Waals surface area contributed by atoms with E-state index in [0.29, 0.717) is 32.7 Å². The minimum Gasteiger partial charge on any atom is -0.444 e. The molecule has 192 valence electrons. The fourth-order valence-corrected chi connectivity index (χ4v) is 9.44. The molecule has 1 aliphatic heterocycles. The normalized spacial score (nSPS) is 16.7. The molecule has 2 aromatic carbocycles. The van der Waals surface area contributed by atoms with Crippen molar-refractivity contribution in [2.45, 2.75) is 58.3 Å². The number of hydrogen-bond donors (Lipinski definition) is 0. The average Bonchev–Trinajstić information content (AvgIpc) is 2.81. The highest BCUT2D eigenvalue weighted by atomic mass is 28.4. The van der Waals surface area contributed by atoms with Crippen LogP contribution in [-0.2, 0) is 9.16 Å². The highest BCUT2D eigenvalue weighted by Gasteiger charge is 2.51. The van der Waals surface area contributed by atoms with E-state index >= 15 is 0 Å². The maximum atomic E-state index is 14.5. The molecule has 3 rings (SSSR count). The molecule has 0 N–H and O–H groups in total. The van der Waals surface area contributed by atoms with Crippen molar-refractivity contribution in [1.29, 1.82) is 0 Å². The number of amides is 1. The van der Waals surface area contributed by atoms with Gasteiger partial charge in [0.25, 0.3) is 8.32 Å². The van der Waals surface area contributed by atoms with Crippen molar-refractivity contribution in [3.63, 3.8) is 0 Å². The summed E-state index contributed by atoms with van der Waals surface area (Å²) in [6.45, 7) is 14.6. The molecule has 0 unspecified atom stereocenters. The second-order valence-electron chi connectivity index (χ2n) is 11.3. The minimum absolute atomic E-state index is 0.210. The lowest BCUT2D eigenvalue weighted by Crippen LogP contribution is -2.68. The van der Waals surface area contributed by atoms with E-state index in [2.05, 4.69) is 49.9 Å². The molecule has 1 saturated heterocycles. The van der Waals surface area contributed by atoms with Crippen LogP contribution in [0.1, 0.15) is 41.5 Å². The summed E-state index contributed by atoms with van der Waals surface area (Å²) in [6.07, 6.45) is -0.850. The van der Waals surface area contributed by atoms with Gasteiger partial charge in [-0.15, -0.1) is 0 Å². The van der Waals surface area contributed by atoms with E-state index in [1.165, 1.54) is 0 Å². The molecule has 1 aliphatic rings. The van der Waals surface area contributed by atoms with E-state index < -0.39 is 26.7 Å². The second kappa shape index (κ2) is 11.2. The van der Waals surface area contributed by atoms with Gasteiger partial charge in [-0.1, -0.05) is 81.4 Å². The topological polar surface area (TPSA) is 42.0 Å². The number of nitrogens with zero attached hydrogens (tertiary/aromatic N) is 2. The van der Waals surface area contributed by atoms with Crippen LogP contribution in [0.3, 0.4) is 0 Å². The highest BCUT2D eigenvalue weighted by Crippen LogP contribution is 2.37. The zero-order valence-corrected chi connectivity index (χ0v) is 23.1. The number of rotatable bonds is 7.